The number of primary amides is 1. The molecule has 1 rings (SSSR count). The lowest BCUT2D eigenvalue weighted by atomic mass is 10.2. The average Bonchev–Trinajstić information content (AvgIpc) is 2.99. The molecule has 0 aliphatic heterocycles. The van der Waals surface area contributed by atoms with E-state index < -0.39 is 0 Å². The van der Waals surface area contributed by atoms with Gasteiger partial charge in [-0.1, -0.05) is 19.8 Å². The molecule has 0 saturated heterocycles. The lowest BCUT2D eigenvalue weighted by Crippen LogP contribution is -2.41. The predicted octanol–water partition coefficient (Wildman–Crippen LogP) is 0.657. The summed E-state index contributed by atoms with van der Waals surface area (Å²) < 4.78 is 5.46. The minimum absolute atomic E-state index is 0.240. The van der Waals surface area contributed by atoms with Crippen molar-refractivity contribution >= 4 is 5.91 Å². The van der Waals surface area contributed by atoms with E-state index in [-0.39, 0.29) is 11.9 Å². The van der Waals surface area contributed by atoms with Crippen LogP contribution in [0.25, 0.3) is 0 Å². The fourth-order valence-corrected chi connectivity index (χ4v) is 1.55. The van der Waals surface area contributed by atoms with E-state index in [1.165, 1.54) is 19.3 Å². The minimum atomic E-state index is -0.289. The van der Waals surface area contributed by atoms with E-state index in [2.05, 4.69) is 5.32 Å². The summed E-state index contributed by atoms with van der Waals surface area (Å²) in [6, 6.07) is -0.240. The standard InChI is InChI=1S/C11H22N2O2/c1-2-13-10(11(12)14)6-8-15-7-5-9-3-4-9/h9-10,13H,2-8H2,1H3,(H2,12,14). The molecular weight excluding hydrogens is 192 g/mol. The zero-order chi connectivity index (χ0) is 11.1. The normalized spacial score (nSPS) is 17.7. The summed E-state index contributed by atoms with van der Waals surface area (Å²) in [5.41, 5.74) is 5.24. The molecule has 0 radical (unpaired) electrons. The lowest BCUT2D eigenvalue weighted by molar-refractivity contribution is -0.120. The van der Waals surface area contributed by atoms with Gasteiger partial charge in [0.25, 0.3) is 0 Å². The van der Waals surface area contributed by atoms with Gasteiger partial charge in [-0.2, -0.15) is 0 Å². The summed E-state index contributed by atoms with van der Waals surface area (Å²) in [6.07, 6.45) is 4.58. The number of likely N-dealkylation sites (N-methyl/N-ethyl adjacent to an activating group) is 1. The van der Waals surface area contributed by atoms with E-state index in [9.17, 15) is 4.79 Å². The first kappa shape index (κ1) is 12.5. The smallest absolute Gasteiger partial charge is 0.234 e. The Balaban J connectivity index is 1.96. The highest BCUT2D eigenvalue weighted by Gasteiger charge is 2.20. The molecule has 0 heterocycles. The van der Waals surface area contributed by atoms with Gasteiger partial charge in [0.1, 0.15) is 0 Å². The lowest BCUT2D eigenvalue weighted by Gasteiger charge is -2.13. The Morgan fingerprint density at radius 1 is 1.53 bits per heavy atom. The van der Waals surface area contributed by atoms with Crippen LogP contribution in [0.2, 0.25) is 0 Å². The van der Waals surface area contributed by atoms with Crippen LogP contribution in [0, 0.1) is 5.92 Å². The van der Waals surface area contributed by atoms with E-state index in [1.807, 2.05) is 6.92 Å². The van der Waals surface area contributed by atoms with Gasteiger partial charge in [0, 0.05) is 13.2 Å². The van der Waals surface area contributed by atoms with Crippen LogP contribution in [0.5, 0.6) is 0 Å². The van der Waals surface area contributed by atoms with Gasteiger partial charge in [0.05, 0.1) is 6.04 Å². The Bertz CT molecular complexity index is 193. The molecule has 88 valence electrons. The maximum Gasteiger partial charge on any atom is 0.234 e. The number of nitrogens with two attached hydrogens (primary N) is 1. The van der Waals surface area contributed by atoms with Crippen molar-refractivity contribution in [3.05, 3.63) is 0 Å². The first-order chi connectivity index (χ1) is 7.24. The average molecular weight is 214 g/mol. The molecule has 3 N–H and O–H groups in total. The minimum Gasteiger partial charge on any atom is -0.381 e. The monoisotopic (exact) mass is 214 g/mol. The van der Waals surface area contributed by atoms with Crippen LogP contribution in [-0.4, -0.2) is 31.7 Å². The maximum atomic E-state index is 11.0. The number of amides is 1. The summed E-state index contributed by atoms with van der Waals surface area (Å²) in [5.74, 6) is 0.619. The van der Waals surface area contributed by atoms with E-state index >= 15 is 0 Å². The molecule has 1 atom stereocenters. The summed E-state index contributed by atoms with van der Waals surface area (Å²) in [7, 11) is 0. The van der Waals surface area contributed by atoms with E-state index in [0.717, 1.165) is 19.1 Å². The highest BCUT2D eigenvalue weighted by atomic mass is 16.5. The number of ether oxygens (including phenoxy) is 1. The van der Waals surface area contributed by atoms with E-state index in [1.54, 1.807) is 0 Å². The fourth-order valence-electron chi connectivity index (χ4n) is 1.55. The third-order valence-electron chi connectivity index (χ3n) is 2.71. The van der Waals surface area contributed by atoms with Crippen LogP contribution in [-0.2, 0) is 9.53 Å². The number of carbonyl (C=O) groups is 1. The van der Waals surface area contributed by atoms with E-state index in [0.29, 0.717) is 13.0 Å². The van der Waals surface area contributed by atoms with Crippen LogP contribution in [0.4, 0.5) is 0 Å². The van der Waals surface area contributed by atoms with Gasteiger partial charge < -0.3 is 15.8 Å². The second-order valence-corrected chi connectivity index (χ2v) is 4.15. The summed E-state index contributed by atoms with van der Waals surface area (Å²) in [4.78, 5) is 11.0. The van der Waals surface area contributed by atoms with Crippen molar-refractivity contribution < 1.29 is 9.53 Å². The van der Waals surface area contributed by atoms with Crippen LogP contribution >= 0.6 is 0 Å². The summed E-state index contributed by atoms with van der Waals surface area (Å²) in [6.45, 7) is 4.16. The van der Waals surface area contributed by atoms with Gasteiger partial charge in [-0.25, -0.2) is 0 Å². The SMILES string of the molecule is CCNC(CCOCCC1CC1)C(N)=O. The third kappa shape index (κ3) is 5.74. The molecule has 0 aromatic rings. The van der Waals surface area contributed by atoms with Gasteiger partial charge in [-0.15, -0.1) is 0 Å². The van der Waals surface area contributed by atoms with Crippen LogP contribution in [0.3, 0.4) is 0 Å². The molecule has 15 heavy (non-hydrogen) atoms. The topological polar surface area (TPSA) is 64.3 Å². The molecule has 1 fully saturated rings. The Kier molecular flexibility index (Phi) is 5.65. The Morgan fingerprint density at radius 2 is 2.27 bits per heavy atom. The van der Waals surface area contributed by atoms with Crippen molar-refractivity contribution in [1.82, 2.24) is 5.32 Å². The van der Waals surface area contributed by atoms with Crippen molar-refractivity contribution in [1.29, 1.82) is 0 Å². The van der Waals surface area contributed by atoms with Gasteiger partial charge >= 0.3 is 0 Å². The molecule has 0 spiro atoms. The first-order valence-corrected chi connectivity index (χ1v) is 5.84. The van der Waals surface area contributed by atoms with Gasteiger partial charge in [-0.3, -0.25) is 4.79 Å². The molecule has 0 aromatic carbocycles. The molecule has 1 unspecified atom stereocenters. The van der Waals surface area contributed by atoms with Crippen molar-refractivity contribution in [2.75, 3.05) is 19.8 Å². The molecule has 0 bridgehead atoms. The molecule has 0 aromatic heterocycles. The van der Waals surface area contributed by atoms with E-state index in [4.69, 9.17) is 10.5 Å². The Hall–Kier alpha value is -0.610. The highest BCUT2D eigenvalue weighted by Crippen LogP contribution is 2.32. The Labute approximate surface area is 91.5 Å². The molecule has 1 aliphatic rings. The van der Waals surface area contributed by atoms with Crippen LogP contribution in [0.1, 0.15) is 32.6 Å². The Morgan fingerprint density at radius 3 is 2.80 bits per heavy atom. The quantitative estimate of drug-likeness (QED) is 0.554. The number of carbonyl (C=O) groups excluding carboxylic acids is 1. The largest absolute Gasteiger partial charge is 0.381 e. The van der Waals surface area contributed by atoms with Crippen LogP contribution < -0.4 is 11.1 Å². The molecule has 1 aliphatic carbocycles. The van der Waals surface area contributed by atoms with Gasteiger partial charge in [0.2, 0.25) is 5.91 Å². The molecule has 4 heteroatoms. The number of hydrogen-bond donors (Lipinski definition) is 2. The van der Waals surface area contributed by atoms with Gasteiger partial charge in [0.15, 0.2) is 0 Å². The highest BCUT2D eigenvalue weighted by molar-refractivity contribution is 5.79. The summed E-state index contributed by atoms with van der Waals surface area (Å²) >= 11 is 0. The molecule has 4 nitrogen and oxygen atoms in total. The number of nitrogens with one attached hydrogen (secondary N) is 1. The molecule has 1 amide bonds. The number of hydrogen-bond acceptors (Lipinski definition) is 3. The molecular formula is C11H22N2O2. The van der Waals surface area contributed by atoms with Gasteiger partial charge in [-0.05, 0) is 25.3 Å². The fraction of sp³-hybridized carbons (Fsp3) is 0.909. The third-order valence-corrected chi connectivity index (χ3v) is 2.71. The molecule has 1 saturated carbocycles. The number of rotatable bonds is 9. The predicted molar refractivity (Wildman–Crippen MR) is 59.4 cm³/mol. The van der Waals surface area contributed by atoms with Crippen molar-refractivity contribution in [2.45, 2.75) is 38.6 Å². The zero-order valence-corrected chi connectivity index (χ0v) is 9.50. The first-order valence-electron chi connectivity index (χ1n) is 5.84. The maximum absolute atomic E-state index is 11.0. The van der Waals surface area contributed by atoms with Crippen molar-refractivity contribution in [2.24, 2.45) is 11.7 Å². The second-order valence-electron chi connectivity index (χ2n) is 4.15. The van der Waals surface area contributed by atoms with Crippen molar-refractivity contribution in [3.8, 4) is 0 Å². The zero-order valence-electron chi connectivity index (χ0n) is 9.50. The second kappa shape index (κ2) is 6.80. The van der Waals surface area contributed by atoms with Crippen LogP contribution in [0.15, 0.2) is 0 Å². The summed E-state index contributed by atoms with van der Waals surface area (Å²) in [5, 5.41) is 3.04. The van der Waals surface area contributed by atoms with Crippen molar-refractivity contribution in [3.63, 3.8) is 0 Å².